The van der Waals surface area contributed by atoms with E-state index in [-0.39, 0.29) is 16.9 Å². The highest BCUT2D eigenvalue weighted by molar-refractivity contribution is 6.06. The Morgan fingerprint density at radius 3 is 2.50 bits per heavy atom. The van der Waals surface area contributed by atoms with Gasteiger partial charge in [0.2, 0.25) is 11.3 Å². The van der Waals surface area contributed by atoms with Gasteiger partial charge in [-0.2, -0.15) is 0 Å². The number of aryl methyl sites for hydroxylation is 2. The molecular formula is C21H22N4O3. The highest BCUT2D eigenvalue weighted by Crippen LogP contribution is 2.17. The van der Waals surface area contributed by atoms with Crippen LogP contribution >= 0.6 is 0 Å². The van der Waals surface area contributed by atoms with Crippen molar-refractivity contribution in [1.82, 2.24) is 9.55 Å². The third-order valence-corrected chi connectivity index (χ3v) is 4.21. The molecule has 3 aromatic rings. The number of benzene rings is 1. The van der Waals surface area contributed by atoms with E-state index in [0.29, 0.717) is 29.0 Å². The minimum atomic E-state index is -0.502. The van der Waals surface area contributed by atoms with Gasteiger partial charge in [-0.25, -0.2) is 4.98 Å². The number of aromatic nitrogens is 2. The van der Waals surface area contributed by atoms with Crippen molar-refractivity contribution in [2.24, 2.45) is 0 Å². The van der Waals surface area contributed by atoms with E-state index in [0.717, 1.165) is 12.1 Å². The lowest BCUT2D eigenvalue weighted by Crippen LogP contribution is -2.24. The van der Waals surface area contributed by atoms with Crippen LogP contribution in [0.15, 0.2) is 47.4 Å². The fraction of sp³-hybridized carbons (Fsp3) is 0.238. The summed E-state index contributed by atoms with van der Waals surface area (Å²) >= 11 is 0. The molecule has 0 fully saturated rings. The summed E-state index contributed by atoms with van der Waals surface area (Å²) in [5.41, 5.74) is 2.13. The molecule has 0 aliphatic heterocycles. The van der Waals surface area contributed by atoms with Crippen LogP contribution in [0.25, 0.3) is 11.0 Å². The van der Waals surface area contributed by atoms with Crippen molar-refractivity contribution in [2.75, 3.05) is 10.6 Å². The number of carbonyl (C=O) groups is 2. The molecule has 7 heteroatoms. The molecular weight excluding hydrogens is 356 g/mol. The Morgan fingerprint density at radius 1 is 1.11 bits per heavy atom. The van der Waals surface area contributed by atoms with E-state index in [9.17, 15) is 14.4 Å². The van der Waals surface area contributed by atoms with E-state index in [4.69, 9.17) is 0 Å². The van der Waals surface area contributed by atoms with Crippen molar-refractivity contribution >= 4 is 34.2 Å². The van der Waals surface area contributed by atoms with Gasteiger partial charge in [0.25, 0.3) is 5.91 Å². The third kappa shape index (κ3) is 4.09. The summed E-state index contributed by atoms with van der Waals surface area (Å²) in [7, 11) is 0. The lowest BCUT2D eigenvalue weighted by Gasteiger charge is -2.13. The van der Waals surface area contributed by atoms with E-state index in [2.05, 4.69) is 15.6 Å². The summed E-state index contributed by atoms with van der Waals surface area (Å²) in [6.45, 7) is 5.94. The van der Waals surface area contributed by atoms with Crippen LogP contribution in [-0.4, -0.2) is 21.4 Å². The maximum Gasteiger partial charge on any atom is 0.261 e. The number of nitrogens with one attached hydrogen (secondary N) is 2. The van der Waals surface area contributed by atoms with Gasteiger partial charge in [-0.3, -0.25) is 14.4 Å². The average Bonchev–Trinajstić information content (AvgIpc) is 2.63. The van der Waals surface area contributed by atoms with Gasteiger partial charge < -0.3 is 15.2 Å². The van der Waals surface area contributed by atoms with E-state index < -0.39 is 5.91 Å². The summed E-state index contributed by atoms with van der Waals surface area (Å²) in [5, 5.41) is 5.81. The number of anilines is 2. The molecule has 2 N–H and O–H groups in total. The van der Waals surface area contributed by atoms with Crippen molar-refractivity contribution in [3.8, 4) is 0 Å². The maximum absolute atomic E-state index is 12.9. The van der Waals surface area contributed by atoms with Gasteiger partial charge in [-0.1, -0.05) is 13.0 Å². The first-order valence-electron chi connectivity index (χ1n) is 9.09. The van der Waals surface area contributed by atoms with Crippen molar-refractivity contribution in [3.63, 3.8) is 0 Å². The third-order valence-electron chi connectivity index (χ3n) is 4.21. The molecule has 0 bridgehead atoms. The minimum absolute atomic E-state index is 0.0523. The van der Waals surface area contributed by atoms with Crippen LogP contribution in [0.4, 0.5) is 11.4 Å². The molecule has 3 rings (SSSR count). The SMILES string of the molecule is CCCn1cc(C(=O)Nc2cccc(NC(C)=O)c2)c(=O)c2ccc(C)nc21. The summed E-state index contributed by atoms with van der Waals surface area (Å²) in [6, 6.07) is 10.2. The molecule has 2 heterocycles. The number of nitrogens with zero attached hydrogens (tertiary/aromatic N) is 2. The van der Waals surface area contributed by atoms with Crippen LogP contribution in [0.2, 0.25) is 0 Å². The molecule has 144 valence electrons. The number of hydrogen-bond acceptors (Lipinski definition) is 4. The Bertz CT molecular complexity index is 1120. The lowest BCUT2D eigenvalue weighted by molar-refractivity contribution is -0.114. The highest BCUT2D eigenvalue weighted by atomic mass is 16.2. The second-order valence-electron chi connectivity index (χ2n) is 6.61. The fourth-order valence-electron chi connectivity index (χ4n) is 3.01. The van der Waals surface area contributed by atoms with E-state index >= 15 is 0 Å². The molecule has 0 aliphatic carbocycles. The summed E-state index contributed by atoms with van der Waals surface area (Å²) in [6.07, 6.45) is 2.40. The topological polar surface area (TPSA) is 93.1 Å². The molecule has 28 heavy (non-hydrogen) atoms. The van der Waals surface area contributed by atoms with Gasteiger partial charge >= 0.3 is 0 Å². The number of rotatable bonds is 5. The number of carbonyl (C=O) groups excluding carboxylic acids is 2. The molecule has 0 atom stereocenters. The van der Waals surface area contributed by atoms with Gasteiger partial charge in [0.05, 0.1) is 5.39 Å². The van der Waals surface area contributed by atoms with Crippen molar-refractivity contribution in [2.45, 2.75) is 33.7 Å². The van der Waals surface area contributed by atoms with E-state index in [1.807, 2.05) is 18.4 Å². The molecule has 0 saturated carbocycles. The molecule has 0 saturated heterocycles. The first-order chi connectivity index (χ1) is 13.4. The quantitative estimate of drug-likeness (QED) is 0.712. The Labute approximate surface area is 162 Å². The largest absolute Gasteiger partial charge is 0.331 e. The number of fused-ring (bicyclic) bond motifs is 1. The highest BCUT2D eigenvalue weighted by Gasteiger charge is 2.16. The standard InChI is InChI=1S/C21H22N4O3/c1-4-10-25-12-18(19(27)17-9-8-13(2)22-20(17)25)21(28)24-16-7-5-6-15(11-16)23-14(3)26/h5-9,11-12H,4,10H2,1-3H3,(H,23,26)(H,24,28). The zero-order valence-electron chi connectivity index (χ0n) is 16.1. The zero-order valence-corrected chi connectivity index (χ0v) is 16.1. The van der Waals surface area contributed by atoms with Gasteiger partial charge in [0.15, 0.2) is 0 Å². The van der Waals surface area contributed by atoms with Crippen LogP contribution in [0.5, 0.6) is 0 Å². The molecule has 0 radical (unpaired) electrons. The first-order valence-corrected chi connectivity index (χ1v) is 9.09. The molecule has 0 unspecified atom stereocenters. The molecule has 2 amide bonds. The van der Waals surface area contributed by atoms with Gasteiger partial charge in [-0.15, -0.1) is 0 Å². The predicted octanol–water partition coefficient (Wildman–Crippen LogP) is 3.33. The minimum Gasteiger partial charge on any atom is -0.331 e. The van der Waals surface area contributed by atoms with Crippen LogP contribution in [0.3, 0.4) is 0 Å². The molecule has 0 spiro atoms. The average molecular weight is 378 g/mol. The van der Waals surface area contributed by atoms with Crippen molar-refractivity contribution in [1.29, 1.82) is 0 Å². The second kappa shape index (κ2) is 8.04. The number of amides is 2. The molecule has 7 nitrogen and oxygen atoms in total. The van der Waals surface area contributed by atoms with Crippen LogP contribution in [-0.2, 0) is 11.3 Å². The first kappa shape index (κ1) is 19.3. The lowest BCUT2D eigenvalue weighted by atomic mass is 10.1. The smallest absolute Gasteiger partial charge is 0.261 e. The van der Waals surface area contributed by atoms with Crippen molar-refractivity contribution < 1.29 is 9.59 Å². The number of pyridine rings is 2. The van der Waals surface area contributed by atoms with E-state index in [1.54, 1.807) is 42.6 Å². The molecule has 0 aliphatic rings. The fourth-order valence-corrected chi connectivity index (χ4v) is 3.01. The van der Waals surface area contributed by atoms with Crippen molar-refractivity contribution in [3.05, 3.63) is 64.1 Å². The van der Waals surface area contributed by atoms with E-state index in [1.165, 1.54) is 6.92 Å². The van der Waals surface area contributed by atoms with Crippen LogP contribution in [0, 0.1) is 6.92 Å². The number of hydrogen-bond donors (Lipinski definition) is 2. The maximum atomic E-state index is 12.9. The molecule has 2 aromatic heterocycles. The monoisotopic (exact) mass is 378 g/mol. The summed E-state index contributed by atoms with van der Waals surface area (Å²) in [5.74, 6) is -0.708. The van der Waals surface area contributed by atoms with Gasteiger partial charge in [0.1, 0.15) is 11.2 Å². The van der Waals surface area contributed by atoms with Gasteiger partial charge in [0, 0.05) is 36.7 Å². The second-order valence-corrected chi connectivity index (χ2v) is 6.61. The Kier molecular flexibility index (Phi) is 5.54. The molecule has 1 aromatic carbocycles. The normalized spacial score (nSPS) is 10.7. The van der Waals surface area contributed by atoms with Crippen LogP contribution < -0.4 is 16.1 Å². The van der Waals surface area contributed by atoms with Gasteiger partial charge in [-0.05, 0) is 43.7 Å². The summed E-state index contributed by atoms with van der Waals surface area (Å²) < 4.78 is 1.84. The zero-order chi connectivity index (χ0) is 20.3. The summed E-state index contributed by atoms with van der Waals surface area (Å²) in [4.78, 5) is 41.4. The Hall–Kier alpha value is -3.48. The Balaban J connectivity index is 2.00. The predicted molar refractivity (Wildman–Crippen MR) is 110 cm³/mol. The van der Waals surface area contributed by atoms with Crippen LogP contribution in [0.1, 0.15) is 36.3 Å². The Morgan fingerprint density at radius 2 is 1.82 bits per heavy atom.